The van der Waals surface area contributed by atoms with Crippen molar-refractivity contribution in [2.75, 3.05) is 19.2 Å². The fourth-order valence-electron chi connectivity index (χ4n) is 2.90. The largest absolute Gasteiger partial charge is 0.466 e. The first-order valence-corrected chi connectivity index (χ1v) is 7.94. The van der Waals surface area contributed by atoms with Crippen LogP contribution in [-0.2, 0) is 9.53 Å². The van der Waals surface area contributed by atoms with E-state index in [1.165, 1.54) is 13.4 Å². The molecule has 4 rings (SSSR count). The molecule has 0 spiro atoms. The molecular weight excluding hydrogens is 380 g/mol. The molecule has 3 heterocycles. The van der Waals surface area contributed by atoms with Gasteiger partial charge in [0.05, 0.1) is 12.7 Å². The number of ether oxygens (including phenoxy) is 3. The van der Waals surface area contributed by atoms with Crippen molar-refractivity contribution in [2.45, 2.75) is 13.0 Å². The Hall–Kier alpha value is -2.55. The van der Waals surface area contributed by atoms with Gasteiger partial charge in [-0.1, -0.05) is 15.9 Å². The van der Waals surface area contributed by atoms with E-state index >= 15 is 0 Å². The van der Waals surface area contributed by atoms with E-state index in [1.54, 1.807) is 11.6 Å². The maximum absolute atomic E-state index is 12.4. The first-order valence-electron chi connectivity index (χ1n) is 7.14. The zero-order valence-electron chi connectivity index (χ0n) is 12.9. The van der Waals surface area contributed by atoms with Crippen molar-refractivity contribution in [2.24, 2.45) is 0 Å². The molecule has 0 aliphatic carbocycles. The summed E-state index contributed by atoms with van der Waals surface area (Å²) in [5.74, 6) is 1.39. The van der Waals surface area contributed by atoms with Gasteiger partial charge in [-0.15, -0.1) is 0 Å². The van der Waals surface area contributed by atoms with E-state index in [9.17, 15) is 4.79 Å². The molecule has 1 atom stereocenters. The van der Waals surface area contributed by atoms with Gasteiger partial charge in [-0.05, 0) is 24.6 Å². The molecule has 0 saturated heterocycles. The van der Waals surface area contributed by atoms with E-state index in [1.807, 2.05) is 12.1 Å². The summed E-state index contributed by atoms with van der Waals surface area (Å²) < 4.78 is 18.2. The molecule has 9 heteroatoms. The number of hydrogen-bond donors (Lipinski definition) is 1. The Morgan fingerprint density at radius 1 is 1.42 bits per heavy atom. The van der Waals surface area contributed by atoms with Crippen LogP contribution in [0, 0.1) is 0 Å². The average Bonchev–Trinajstić information content (AvgIpc) is 3.20. The SMILES string of the molecule is COC(=O)C1=C(C)Nc2ncnn2C1c1cc2c(cc1Br)OCO2. The third-order valence-electron chi connectivity index (χ3n) is 3.99. The lowest BCUT2D eigenvalue weighted by Crippen LogP contribution is -2.29. The maximum Gasteiger partial charge on any atom is 0.338 e. The molecule has 1 unspecified atom stereocenters. The maximum atomic E-state index is 12.4. The summed E-state index contributed by atoms with van der Waals surface area (Å²) in [5, 5.41) is 7.33. The monoisotopic (exact) mass is 392 g/mol. The van der Waals surface area contributed by atoms with Gasteiger partial charge in [0.1, 0.15) is 12.4 Å². The number of methoxy groups -OCH3 is 1. The molecule has 1 N–H and O–H groups in total. The molecule has 1 aromatic carbocycles. The van der Waals surface area contributed by atoms with Crippen LogP contribution in [0.5, 0.6) is 11.5 Å². The predicted octanol–water partition coefficient (Wildman–Crippen LogP) is 2.23. The molecule has 0 saturated carbocycles. The number of anilines is 1. The third-order valence-corrected chi connectivity index (χ3v) is 4.67. The zero-order chi connectivity index (χ0) is 16.8. The van der Waals surface area contributed by atoms with Gasteiger partial charge in [0.15, 0.2) is 11.5 Å². The Balaban J connectivity index is 1.93. The highest BCUT2D eigenvalue weighted by Crippen LogP contribution is 2.44. The molecular formula is C15H13BrN4O4. The second kappa shape index (κ2) is 5.52. The van der Waals surface area contributed by atoms with Crippen molar-refractivity contribution in [3.63, 3.8) is 0 Å². The number of benzene rings is 1. The lowest BCUT2D eigenvalue weighted by Gasteiger charge is -2.28. The molecule has 124 valence electrons. The van der Waals surface area contributed by atoms with Crippen LogP contribution in [0.1, 0.15) is 18.5 Å². The van der Waals surface area contributed by atoms with Gasteiger partial charge in [0.25, 0.3) is 0 Å². The first kappa shape index (κ1) is 15.0. The lowest BCUT2D eigenvalue weighted by atomic mass is 9.95. The van der Waals surface area contributed by atoms with E-state index in [0.29, 0.717) is 28.7 Å². The van der Waals surface area contributed by atoms with Crippen molar-refractivity contribution in [3.05, 3.63) is 39.8 Å². The third kappa shape index (κ3) is 2.15. The summed E-state index contributed by atoms with van der Waals surface area (Å²) in [6.45, 7) is 1.98. The van der Waals surface area contributed by atoms with Crippen LogP contribution in [-0.4, -0.2) is 34.6 Å². The first-order chi connectivity index (χ1) is 11.6. The van der Waals surface area contributed by atoms with Crippen molar-refractivity contribution in [1.82, 2.24) is 14.8 Å². The standard InChI is InChI=1S/C15H13BrN4O4/c1-7-12(14(21)22-2)13(20-15(19-7)17-5-18-20)8-3-10-11(4-9(8)16)24-6-23-10/h3-5,13H,6H2,1-2H3,(H,17,18,19). The van der Waals surface area contributed by atoms with E-state index in [2.05, 4.69) is 31.3 Å². The summed E-state index contributed by atoms with van der Waals surface area (Å²) in [6, 6.07) is 3.16. The Labute approximate surface area is 145 Å². The van der Waals surface area contributed by atoms with Crippen molar-refractivity contribution >= 4 is 27.8 Å². The molecule has 24 heavy (non-hydrogen) atoms. The highest BCUT2D eigenvalue weighted by atomic mass is 79.9. The van der Waals surface area contributed by atoms with Gasteiger partial charge >= 0.3 is 5.97 Å². The van der Waals surface area contributed by atoms with Gasteiger partial charge in [-0.2, -0.15) is 10.1 Å². The number of fused-ring (bicyclic) bond motifs is 2. The van der Waals surface area contributed by atoms with Crippen molar-refractivity contribution in [1.29, 1.82) is 0 Å². The molecule has 2 aliphatic heterocycles. The number of rotatable bonds is 2. The number of nitrogens with one attached hydrogen (secondary N) is 1. The molecule has 2 aliphatic rings. The average molecular weight is 393 g/mol. The number of carbonyl (C=O) groups excluding carboxylic acids is 1. The number of carbonyl (C=O) groups is 1. The fraction of sp³-hybridized carbons (Fsp3) is 0.267. The number of allylic oxidation sites excluding steroid dienone is 1. The molecule has 1 aromatic heterocycles. The molecule has 8 nitrogen and oxygen atoms in total. The van der Waals surface area contributed by atoms with Crippen LogP contribution < -0.4 is 14.8 Å². The van der Waals surface area contributed by atoms with Crippen molar-refractivity contribution < 1.29 is 19.0 Å². The number of hydrogen-bond acceptors (Lipinski definition) is 7. The van der Waals surface area contributed by atoms with Crippen LogP contribution in [0.4, 0.5) is 5.95 Å². The Bertz CT molecular complexity index is 876. The summed E-state index contributed by atoms with van der Waals surface area (Å²) in [5.41, 5.74) is 1.92. The van der Waals surface area contributed by atoms with Gasteiger partial charge in [-0.3, -0.25) is 0 Å². The smallest absolute Gasteiger partial charge is 0.338 e. The molecule has 2 aromatic rings. The highest BCUT2D eigenvalue weighted by Gasteiger charge is 2.36. The topological polar surface area (TPSA) is 87.5 Å². The van der Waals surface area contributed by atoms with Crippen LogP contribution in [0.25, 0.3) is 0 Å². The van der Waals surface area contributed by atoms with Gasteiger partial charge in [-0.25, -0.2) is 9.48 Å². The second-order valence-electron chi connectivity index (χ2n) is 5.31. The Kier molecular flexibility index (Phi) is 3.45. The number of esters is 1. The van der Waals surface area contributed by atoms with E-state index < -0.39 is 12.0 Å². The normalized spacial score (nSPS) is 18.2. The summed E-state index contributed by atoms with van der Waals surface area (Å²) in [4.78, 5) is 16.6. The van der Waals surface area contributed by atoms with Gasteiger partial charge in [0.2, 0.25) is 12.7 Å². The number of aromatic nitrogens is 3. The lowest BCUT2D eigenvalue weighted by molar-refractivity contribution is -0.136. The van der Waals surface area contributed by atoms with Crippen LogP contribution >= 0.6 is 15.9 Å². The Morgan fingerprint density at radius 2 is 2.17 bits per heavy atom. The van der Waals surface area contributed by atoms with E-state index in [4.69, 9.17) is 14.2 Å². The minimum absolute atomic E-state index is 0.171. The fourth-order valence-corrected chi connectivity index (χ4v) is 3.43. The van der Waals surface area contributed by atoms with Crippen LogP contribution in [0.2, 0.25) is 0 Å². The number of halogens is 1. The number of nitrogens with zero attached hydrogens (tertiary/aromatic N) is 3. The quantitative estimate of drug-likeness (QED) is 0.783. The minimum atomic E-state index is -0.500. The highest BCUT2D eigenvalue weighted by molar-refractivity contribution is 9.10. The minimum Gasteiger partial charge on any atom is -0.466 e. The molecule has 0 radical (unpaired) electrons. The molecule has 0 bridgehead atoms. The van der Waals surface area contributed by atoms with Gasteiger partial charge in [0, 0.05) is 10.2 Å². The second-order valence-corrected chi connectivity index (χ2v) is 6.17. The van der Waals surface area contributed by atoms with E-state index in [-0.39, 0.29) is 6.79 Å². The van der Waals surface area contributed by atoms with Crippen LogP contribution in [0.15, 0.2) is 34.2 Å². The van der Waals surface area contributed by atoms with Crippen LogP contribution in [0.3, 0.4) is 0 Å². The molecule has 0 fully saturated rings. The molecule has 0 amide bonds. The summed E-state index contributed by atoms with van der Waals surface area (Å²) in [6.07, 6.45) is 1.43. The predicted molar refractivity (Wildman–Crippen MR) is 86.8 cm³/mol. The van der Waals surface area contributed by atoms with Crippen molar-refractivity contribution in [3.8, 4) is 11.5 Å². The Morgan fingerprint density at radius 3 is 2.92 bits per heavy atom. The summed E-state index contributed by atoms with van der Waals surface area (Å²) in [7, 11) is 1.35. The summed E-state index contributed by atoms with van der Waals surface area (Å²) >= 11 is 3.55. The van der Waals surface area contributed by atoms with Gasteiger partial charge < -0.3 is 19.5 Å². The van der Waals surface area contributed by atoms with E-state index in [0.717, 1.165) is 10.0 Å². The zero-order valence-corrected chi connectivity index (χ0v) is 14.5.